The highest BCUT2D eigenvalue weighted by molar-refractivity contribution is 7.91. The van der Waals surface area contributed by atoms with E-state index in [1.807, 2.05) is 24.3 Å². The molecule has 0 aliphatic carbocycles. The van der Waals surface area contributed by atoms with Gasteiger partial charge in [-0.05, 0) is 41.8 Å². The summed E-state index contributed by atoms with van der Waals surface area (Å²) in [6, 6.07) is 16.9. The zero-order valence-electron chi connectivity index (χ0n) is 16.8. The van der Waals surface area contributed by atoms with Gasteiger partial charge in [0, 0.05) is 43.4 Å². The second-order valence-electron chi connectivity index (χ2n) is 8.00. The number of rotatable bonds is 5. The number of hydrogen-bond acceptors (Lipinski definition) is 4. The van der Waals surface area contributed by atoms with Gasteiger partial charge in [-0.1, -0.05) is 50.2 Å². The van der Waals surface area contributed by atoms with E-state index < -0.39 is 9.73 Å². The molecule has 27 heavy (non-hydrogen) atoms. The molecule has 0 aromatic heterocycles. The number of benzene rings is 2. The standard InChI is InChI=1S/C22H31N3OS/c1-17(2)20-7-5-6-8-21(20)22-16-25(14-13-24(22)3)15-18-9-11-19(12-10-18)27(4,23)26/h5-12,17,22-23H,13-16H2,1-4H3. The van der Waals surface area contributed by atoms with Gasteiger partial charge >= 0.3 is 0 Å². The molecule has 5 heteroatoms. The summed E-state index contributed by atoms with van der Waals surface area (Å²) in [6.07, 6.45) is 1.47. The lowest BCUT2D eigenvalue weighted by molar-refractivity contribution is 0.0899. The van der Waals surface area contributed by atoms with E-state index >= 15 is 0 Å². The van der Waals surface area contributed by atoms with E-state index in [1.54, 1.807) is 0 Å². The lowest BCUT2D eigenvalue weighted by atomic mass is 9.91. The largest absolute Gasteiger partial charge is 0.297 e. The van der Waals surface area contributed by atoms with Crippen LogP contribution in [0.2, 0.25) is 0 Å². The first kappa shape index (κ1) is 20.1. The second-order valence-corrected chi connectivity index (χ2v) is 10.2. The Morgan fingerprint density at radius 1 is 1.11 bits per heavy atom. The average molecular weight is 386 g/mol. The molecule has 0 amide bonds. The van der Waals surface area contributed by atoms with Crippen LogP contribution in [0.15, 0.2) is 53.4 Å². The molecule has 1 aliphatic rings. The molecule has 0 saturated carbocycles. The summed E-state index contributed by atoms with van der Waals surface area (Å²) in [5.74, 6) is 0.520. The maximum atomic E-state index is 11.9. The van der Waals surface area contributed by atoms with Gasteiger partial charge in [0.25, 0.3) is 0 Å². The van der Waals surface area contributed by atoms with E-state index in [0.717, 1.165) is 26.2 Å². The topological polar surface area (TPSA) is 47.4 Å². The Kier molecular flexibility index (Phi) is 6.04. The smallest absolute Gasteiger partial charge is 0.0696 e. The third-order valence-electron chi connectivity index (χ3n) is 5.49. The minimum Gasteiger partial charge on any atom is -0.297 e. The molecule has 4 nitrogen and oxygen atoms in total. The molecule has 3 rings (SSSR count). The monoisotopic (exact) mass is 385 g/mol. The Morgan fingerprint density at radius 3 is 2.41 bits per heavy atom. The highest BCUT2D eigenvalue weighted by Crippen LogP contribution is 2.31. The molecule has 1 fully saturated rings. The van der Waals surface area contributed by atoms with Crippen molar-refractivity contribution in [1.29, 1.82) is 4.78 Å². The van der Waals surface area contributed by atoms with Crippen molar-refractivity contribution in [3.8, 4) is 0 Å². The second kappa shape index (κ2) is 8.13. The Balaban J connectivity index is 1.76. The third kappa shape index (κ3) is 4.78. The fourth-order valence-corrected chi connectivity index (χ4v) is 4.52. The first-order valence-electron chi connectivity index (χ1n) is 9.60. The van der Waals surface area contributed by atoms with Crippen molar-refractivity contribution < 1.29 is 4.21 Å². The highest BCUT2D eigenvalue weighted by Gasteiger charge is 2.27. The summed E-state index contributed by atoms with van der Waals surface area (Å²) >= 11 is 0. The number of hydrogen-bond donors (Lipinski definition) is 1. The lowest BCUT2D eigenvalue weighted by Gasteiger charge is -2.40. The van der Waals surface area contributed by atoms with Crippen molar-refractivity contribution in [3.63, 3.8) is 0 Å². The van der Waals surface area contributed by atoms with Crippen LogP contribution in [0.1, 0.15) is 42.5 Å². The van der Waals surface area contributed by atoms with Gasteiger partial charge in [0.1, 0.15) is 0 Å². The van der Waals surface area contributed by atoms with E-state index in [4.69, 9.17) is 4.78 Å². The number of nitrogens with one attached hydrogen (secondary N) is 1. The van der Waals surface area contributed by atoms with Gasteiger partial charge in [0.15, 0.2) is 0 Å². The summed E-state index contributed by atoms with van der Waals surface area (Å²) in [6.45, 7) is 8.51. The van der Waals surface area contributed by atoms with Crippen LogP contribution in [0.4, 0.5) is 0 Å². The fraction of sp³-hybridized carbons (Fsp3) is 0.455. The summed E-state index contributed by atoms with van der Waals surface area (Å²) in [5.41, 5.74) is 4.09. The van der Waals surface area contributed by atoms with Gasteiger partial charge in [-0.25, -0.2) is 8.99 Å². The molecule has 0 radical (unpaired) electrons. The molecule has 2 aromatic carbocycles. The van der Waals surface area contributed by atoms with Crippen LogP contribution in [0, 0.1) is 4.78 Å². The van der Waals surface area contributed by atoms with Crippen molar-refractivity contribution in [2.24, 2.45) is 0 Å². The Labute approximate surface area is 164 Å². The maximum absolute atomic E-state index is 11.9. The van der Waals surface area contributed by atoms with Crippen LogP contribution < -0.4 is 0 Å². The van der Waals surface area contributed by atoms with E-state index in [9.17, 15) is 4.21 Å². The molecule has 0 bridgehead atoms. The number of nitrogens with zero attached hydrogens (tertiary/aromatic N) is 2. The Bertz CT molecular complexity index is 875. The van der Waals surface area contributed by atoms with Crippen molar-refractivity contribution in [2.45, 2.75) is 37.2 Å². The minimum atomic E-state index is -2.64. The van der Waals surface area contributed by atoms with Gasteiger partial charge in [-0.2, -0.15) is 0 Å². The summed E-state index contributed by atoms with van der Waals surface area (Å²) in [4.78, 5) is 5.57. The molecule has 0 spiro atoms. The van der Waals surface area contributed by atoms with Gasteiger partial charge in [-0.3, -0.25) is 9.80 Å². The normalized spacial score (nSPS) is 21.3. The SMILES string of the molecule is CC(C)c1ccccc1C1CN(Cc2ccc(S(C)(=N)=O)cc2)CCN1C. The van der Waals surface area contributed by atoms with Crippen LogP contribution >= 0.6 is 0 Å². The average Bonchev–Trinajstić information content (AvgIpc) is 2.63. The predicted molar refractivity (Wildman–Crippen MR) is 113 cm³/mol. The van der Waals surface area contributed by atoms with E-state index in [2.05, 4.69) is 55.0 Å². The zero-order chi connectivity index (χ0) is 19.6. The van der Waals surface area contributed by atoms with E-state index in [1.165, 1.54) is 22.9 Å². The summed E-state index contributed by atoms with van der Waals surface area (Å²) < 4.78 is 19.6. The summed E-state index contributed by atoms with van der Waals surface area (Å²) in [5, 5.41) is 0. The lowest BCUT2D eigenvalue weighted by Crippen LogP contribution is -2.46. The van der Waals surface area contributed by atoms with Crippen molar-refractivity contribution in [2.75, 3.05) is 32.9 Å². The first-order chi connectivity index (χ1) is 12.8. The molecular formula is C22H31N3OS. The van der Waals surface area contributed by atoms with Crippen LogP contribution in [-0.2, 0) is 16.3 Å². The first-order valence-corrected chi connectivity index (χ1v) is 11.6. The molecule has 146 valence electrons. The molecule has 1 saturated heterocycles. The molecular weight excluding hydrogens is 354 g/mol. The van der Waals surface area contributed by atoms with Gasteiger partial charge in [0.05, 0.1) is 9.73 Å². The van der Waals surface area contributed by atoms with Crippen molar-refractivity contribution in [3.05, 3.63) is 65.2 Å². The molecule has 2 atom stereocenters. The molecule has 1 N–H and O–H groups in total. The van der Waals surface area contributed by atoms with Gasteiger partial charge in [0.2, 0.25) is 0 Å². The van der Waals surface area contributed by atoms with Gasteiger partial charge in [-0.15, -0.1) is 0 Å². The van der Waals surface area contributed by atoms with E-state index in [0.29, 0.717) is 16.9 Å². The third-order valence-corrected chi connectivity index (χ3v) is 6.66. The van der Waals surface area contributed by atoms with Crippen LogP contribution in [0.3, 0.4) is 0 Å². The fourth-order valence-electron chi connectivity index (χ4n) is 3.86. The van der Waals surface area contributed by atoms with Crippen LogP contribution in [0.5, 0.6) is 0 Å². The molecule has 1 aliphatic heterocycles. The molecule has 1 heterocycles. The number of likely N-dealkylation sites (N-methyl/N-ethyl adjacent to an activating group) is 1. The van der Waals surface area contributed by atoms with Crippen LogP contribution in [-0.4, -0.2) is 46.9 Å². The molecule has 2 unspecified atom stereocenters. The molecule has 2 aromatic rings. The minimum absolute atomic E-state index is 0.402. The highest BCUT2D eigenvalue weighted by atomic mass is 32.2. The number of piperazine rings is 1. The maximum Gasteiger partial charge on any atom is 0.0696 e. The van der Waals surface area contributed by atoms with Crippen molar-refractivity contribution >= 4 is 9.73 Å². The van der Waals surface area contributed by atoms with Gasteiger partial charge < -0.3 is 0 Å². The zero-order valence-corrected chi connectivity index (χ0v) is 17.6. The van der Waals surface area contributed by atoms with Crippen LogP contribution in [0.25, 0.3) is 0 Å². The van der Waals surface area contributed by atoms with Crippen molar-refractivity contribution in [1.82, 2.24) is 9.80 Å². The summed E-state index contributed by atoms with van der Waals surface area (Å²) in [7, 11) is -0.416. The predicted octanol–water partition coefficient (Wildman–Crippen LogP) is 4.33. The quantitative estimate of drug-likeness (QED) is 0.833. The Morgan fingerprint density at radius 2 is 1.78 bits per heavy atom. The Hall–Kier alpha value is -1.69. The van der Waals surface area contributed by atoms with E-state index in [-0.39, 0.29) is 0 Å².